The first kappa shape index (κ1) is 11.4. The third kappa shape index (κ3) is 2.94. The summed E-state index contributed by atoms with van der Waals surface area (Å²) in [6, 6.07) is 0.874. The van der Waals surface area contributed by atoms with Gasteiger partial charge < -0.3 is 4.90 Å². The van der Waals surface area contributed by atoms with Crippen LogP contribution in [0.15, 0.2) is 0 Å². The summed E-state index contributed by atoms with van der Waals surface area (Å²) in [5.74, 6) is 0.906. The zero-order valence-electron chi connectivity index (χ0n) is 10.1. The Morgan fingerprint density at radius 1 is 1.13 bits per heavy atom. The summed E-state index contributed by atoms with van der Waals surface area (Å²) < 4.78 is 0. The molecule has 87 valence electrons. The third-order valence-electron chi connectivity index (χ3n) is 4.22. The first-order valence-electron chi connectivity index (χ1n) is 6.51. The van der Waals surface area contributed by atoms with Gasteiger partial charge in [-0.25, -0.2) is 0 Å². The van der Waals surface area contributed by atoms with Crippen LogP contribution in [0.5, 0.6) is 0 Å². The molecule has 2 aliphatic rings. The van der Waals surface area contributed by atoms with E-state index in [-0.39, 0.29) is 0 Å². The summed E-state index contributed by atoms with van der Waals surface area (Å²) in [4.78, 5) is 5.17. The maximum atomic E-state index is 4.07. The van der Waals surface area contributed by atoms with Gasteiger partial charge in [0.05, 0.1) is 0 Å². The topological polar surface area (TPSA) is 6.48 Å². The average Bonchev–Trinajstić information content (AvgIpc) is 2.30. The summed E-state index contributed by atoms with van der Waals surface area (Å²) in [6.45, 7) is 9.15. The number of likely N-dealkylation sites (N-methyl/N-ethyl adjacent to an activating group) is 1. The minimum absolute atomic E-state index is 0.874. The number of hydrogen-bond donors (Lipinski definition) is 0. The number of hydrogen-bond acceptors (Lipinski definition) is 2. The van der Waals surface area contributed by atoms with Gasteiger partial charge in [-0.3, -0.25) is 4.90 Å². The monoisotopic (exact) mass is 209 g/mol. The maximum absolute atomic E-state index is 4.07. The van der Waals surface area contributed by atoms with Gasteiger partial charge in [-0.2, -0.15) is 0 Å². The molecule has 0 aromatic carbocycles. The van der Waals surface area contributed by atoms with Crippen molar-refractivity contribution in [1.82, 2.24) is 9.80 Å². The third-order valence-corrected chi connectivity index (χ3v) is 4.22. The molecule has 0 aromatic rings. The van der Waals surface area contributed by atoms with Crippen LogP contribution in [0.3, 0.4) is 0 Å². The predicted octanol–water partition coefficient (Wildman–Crippen LogP) is 2.02. The van der Waals surface area contributed by atoms with Crippen molar-refractivity contribution in [2.45, 2.75) is 38.1 Å². The Hall–Kier alpha value is -0.0800. The van der Waals surface area contributed by atoms with E-state index in [0.29, 0.717) is 0 Å². The van der Waals surface area contributed by atoms with Crippen LogP contribution >= 0.6 is 0 Å². The van der Waals surface area contributed by atoms with Crippen molar-refractivity contribution < 1.29 is 0 Å². The van der Waals surface area contributed by atoms with Crippen LogP contribution < -0.4 is 0 Å². The molecule has 0 amide bonds. The van der Waals surface area contributed by atoms with Crippen molar-refractivity contribution in [3.8, 4) is 0 Å². The molecule has 0 aromatic heterocycles. The van der Waals surface area contributed by atoms with Gasteiger partial charge in [-0.15, -0.1) is 0 Å². The lowest BCUT2D eigenvalue weighted by molar-refractivity contribution is 0.0773. The highest BCUT2D eigenvalue weighted by molar-refractivity contribution is 4.83. The molecule has 2 nitrogen and oxygen atoms in total. The molecule has 1 aliphatic heterocycles. The molecule has 1 aliphatic carbocycles. The summed E-state index contributed by atoms with van der Waals surface area (Å²) >= 11 is 0. The van der Waals surface area contributed by atoms with Crippen molar-refractivity contribution in [2.24, 2.45) is 5.92 Å². The van der Waals surface area contributed by atoms with E-state index in [1.165, 1.54) is 51.9 Å². The van der Waals surface area contributed by atoms with Gasteiger partial charge >= 0.3 is 0 Å². The van der Waals surface area contributed by atoms with Crippen LogP contribution in [0.25, 0.3) is 0 Å². The first-order chi connectivity index (χ1) is 7.29. The Bertz CT molecular complexity index is 185. The fraction of sp³-hybridized carbons (Fsp3) is 0.923. The molecule has 2 rings (SSSR count). The Morgan fingerprint density at radius 2 is 1.87 bits per heavy atom. The van der Waals surface area contributed by atoms with E-state index in [1.807, 2.05) is 0 Å². The average molecular weight is 209 g/mol. The molecule has 1 radical (unpaired) electrons. The first-order valence-corrected chi connectivity index (χ1v) is 6.51. The minimum Gasteiger partial charge on any atom is -0.304 e. The van der Waals surface area contributed by atoms with Gasteiger partial charge in [0, 0.05) is 32.2 Å². The largest absolute Gasteiger partial charge is 0.304 e. The molecular weight excluding hydrogens is 184 g/mol. The highest BCUT2D eigenvalue weighted by Gasteiger charge is 2.27. The molecule has 1 heterocycles. The molecule has 2 heteroatoms. The van der Waals surface area contributed by atoms with Gasteiger partial charge in [0.2, 0.25) is 0 Å². The van der Waals surface area contributed by atoms with Crippen molar-refractivity contribution in [3.05, 3.63) is 6.92 Å². The lowest BCUT2D eigenvalue weighted by atomic mass is 9.83. The molecule has 1 saturated heterocycles. The fourth-order valence-electron chi connectivity index (χ4n) is 3.04. The Morgan fingerprint density at radius 3 is 2.53 bits per heavy atom. The molecule has 2 atom stereocenters. The second-order valence-corrected chi connectivity index (χ2v) is 5.31. The van der Waals surface area contributed by atoms with Crippen LogP contribution in [0, 0.1) is 12.8 Å². The van der Waals surface area contributed by atoms with E-state index in [2.05, 4.69) is 23.8 Å². The Balaban J connectivity index is 1.82. The normalized spacial score (nSPS) is 35.6. The zero-order chi connectivity index (χ0) is 10.7. The summed E-state index contributed by atoms with van der Waals surface area (Å²) in [7, 11) is 2.23. The Labute approximate surface area is 94.6 Å². The summed E-state index contributed by atoms with van der Waals surface area (Å²) in [6.07, 6.45) is 6.84. The Kier molecular flexibility index (Phi) is 4.04. The zero-order valence-corrected chi connectivity index (χ0v) is 10.1. The molecule has 15 heavy (non-hydrogen) atoms. The molecule has 0 N–H and O–H groups in total. The van der Waals surface area contributed by atoms with Gasteiger partial charge in [0.1, 0.15) is 0 Å². The highest BCUT2D eigenvalue weighted by Crippen LogP contribution is 2.29. The van der Waals surface area contributed by atoms with Crippen LogP contribution in [0.1, 0.15) is 32.1 Å². The number of rotatable bonds is 2. The van der Waals surface area contributed by atoms with Crippen molar-refractivity contribution in [1.29, 1.82) is 0 Å². The van der Waals surface area contributed by atoms with Gasteiger partial charge in [-0.05, 0) is 25.8 Å². The number of piperazine rings is 1. The fourth-order valence-corrected chi connectivity index (χ4v) is 3.04. The van der Waals surface area contributed by atoms with Crippen LogP contribution in [0.2, 0.25) is 0 Å². The molecule has 2 unspecified atom stereocenters. The quantitative estimate of drug-likeness (QED) is 0.686. The van der Waals surface area contributed by atoms with Gasteiger partial charge in [-0.1, -0.05) is 26.2 Å². The SMILES string of the molecule is [CH2]CC1CCCC(N2CCN(C)CC2)C1. The van der Waals surface area contributed by atoms with Crippen molar-refractivity contribution in [3.63, 3.8) is 0 Å². The molecule has 0 bridgehead atoms. The predicted molar refractivity (Wildman–Crippen MR) is 64.8 cm³/mol. The van der Waals surface area contributed by atoms with E-state index >= 15 is 0 Å². The van der Waals surface area contributed by atoms with E-state index in [1.54, 1.807) is 0 Å². The summed E-state index contributed by atoms with van der Waals surface area (Å²) in [5.41, 5.74) is 0. The second kappa shape index (κ2) is 5.31. The number of nitrogens with zero attached hydrogens (tertiary/aromatic N) is 2. The van der Waals surface area contributed by atoms with E-state index < -0.39 is 0 Å². The lowest BCUT2D eigenvalue weighted by Gasteiger charge is -2.41. The minimum atomic E-state index is 0.874. The second-order valence-electron chi connectivity index (χ2n) is 5.31. The highest BCUT2D eigenvalue weighted by atomic mass is 15.3. The van der Waals surface area contributed by atoms with Crippen molar-refractivity contribution >= 4 is 0 Å². The van der Waals surface area contributed by atoms with Crippen LogP contribution in [-0.2, 0) is 0 Å². The van der Waals surface area contributed by atoms with E-state index in [9.17, 15) is 0 Å². The van der Waals surface area contributed by atoms with Gasteiger partial charge in [0.15, 0.2) is 0 Å². The molecular formula is C13H25N2. The standard InChI is InChI=1S/C13H25N2/c1-3-12-5-4-6-13(11-12)15-9-7-14(2)8-10-15/h12-13H,1,3-11H2,2H3. The van der Waals surface area contributed by atoms with Crippen molar-refractivity contribution in [2.75, 3.05) is 33.2 Å². The van der Waals surface area contributed by atoms with Crippen LogP contribution in [0.4, 0.5) is 0 Å². The van der Waals surface area contributed by atoms with Gasteiger partial charge in [0.25, 0.3) is 0 Å². The molecule has 0 spiro atoms. The lowest BCUT2D eigenvalue weighted by Crippen LogP contribution is -2.50. The van der Waals surface area contributed by atoms with E-state index in [4.69, 9.17) is 0 Å². The maximum Gasteiger partial charge on any atom is 0.0113 e. The smallest absolute Gasteiger partial charge is 0.0113 e. The summed E-state index contributed by atoms with van der Waals surface area (Å²) in [5, 5.41) is 0. The molecule has 1 saturated carbocycles. The van der Waals surface area contributed by atoms with Crippen LogP contribution in [-0.4, -0.2) is 49.1 Å². The molecule has 2 fully saturated rings. The van der Waals surface area contributed by atoms with E-state index in [0.717, 1.165) is 18.4 Å².